The Morgan fingerprint density at radius 2 is 1.76 bits per heavy atom. The monoisotopic (exact) mass is 406 g/mol. The van der Waals surface area contributed by atoms with Crippen molar-refractivity contribution in [2.75, 3.05) is 11.9 Å². The van der Waals surface area contributed by atoms with Gasteiger partial charge in [-0.2, -0.15) is 0 Å². The minimum Gasteiger partial charge on any atom is -0.325 e. The molecule has 1 heterocycles. The zero-order valence-electron chi connectivity index (χ0n) is 16.3. The molecule has 0 aliphatic carbocycles. The summed E-state index contributed by atoms with van der Waals surface area (Å²) in [7, 11) is 0. The second-order valence-corrected chi connectivity index (χ2v) is 7.88. The third-order valence-electron chi connectivity index (χ3n) is 4.37. The van der Waals surface area contributed by atoms with E-state index in [9.17, 15) is 14.4 Å². The van der Waals surface area contributed by atoms with Gasteiger partial charge in [-0.05, 0) is 47.0 Å². The van der Waals surface area contributed by atoms with E-state index < -0.39 is 17.1 Å². The number of amides is 3. The van der Waals surface area contributed by atoms with Crippen molar-refractivity contribution in [1.82, 2.24) is 4.90 Å². The highest BCUT2D eigenvalue weighted by Crippen LogP contribution is 2.30. The summed E-state index contributed by atoms with van der Waals surface area (Å²) in [6.07, 6.45) is 5.17. The number of hydrogen-bond donors (Lipinski definition) is 1. The van der Waals surface area contributed by atoms with E-state index in [2.05, 4.69) is 19.2 Å². The summed E-state index contributed by atoms with van der Waals surface area (Å²) in [4.78, 5) is 38.2. The highest BCUT2D eigenvalue weighted by Gasteiger charge is 2.35. The summed E-state index contributed by atoms with van der Waals surface area (Å²) in [6.45, 7) is 3.88. The molecule has 0 aromatic heterocycles. The van der Waals surface area contributed by atoms with Crippen molar-refractivity contribution in [3.05, 3.63) is 82.8 Å². The second kappa shape index (κ2) is 9.39. The van der Waals surface area contributed by atoms with Gasteiger partial charge in [-0.1, -0.05) is 68.5 Å². The Balaban J connectivity index is 1.60. The van der Waals surface area contributed by atoms with Gasteiger partial charge < -0.3 is 5.32 Å². The van der Waals surface area contributed by atoms with Crippen LogP contribution in [-0.4, -0.2) is 28.5 Å². The average Bonchev–Trinajstić information content (AvgIpc) is 2.97. The molecule has 5 nitrogen and oxygen atoms in total. The first-order valence-electron chi connectivity index (χ1n) is 9.31. The van der Waals surface area contributed by atoms with Crippen molar-refractivity contribution in [3.8, 4) is 0 Å². The first kappa shape index (κ1) is 20.6. The molecule has 148 valence electrons. The van der Waals surface area contributed by atoms with E-state index in [0.29, 0.717) is 16.5 Å². The molecule has 2 aromatic carbocycles. The van der Waals surface area contributed by atoms with Gasteiger partial charge in [-0.3, -0.25) is 19.3 Å². The highest BCUT2D eigenvalue weighted by atomic mass is 32.2. The number of anilines is 1. The molecule has 1 aliphatic heterocycles. The summed E-state index contributed by atoms with van der Waals surface area (Å²) < 4.78 is 0. The quantitative estimate of drug-likeness (QED) is 0.683. The van der Waals surface area contributed by atoms with Gasteiger partial charge in [-0.15, -0.1) is 0 Å². The number of benzene rings is 2. The number of nitrogens with zero attached hydrogens (tertiary/aromatic N) is 1. The van der Waals surface area contributed by atoms with Gasteiger partial charge >= 0.3 is 0 Å². The van der Waals surface area contributed by atoms with Gasteiger partial charge in [0.05, 0.1) is 4.91 Å². The zero-order chi connectivity index (χ0) is 20.8. The topological polar surface area (TPSA) is 66.5 Å². The Bertz CT molecular complexity index is 963. The van der Waals surface area contributed by atoms with Gasteiger partial charge in [0.1, 0.15) is 6.54 Å². The van der Waals surface area contributed by atoms with E-state index >= 15 is 0 Å². The fourth-order valence-electron chi connectivity index (χ4n) is 2.76. The number of hydrogen-bond acceptors (Lipinski definition) is 4. The van der Waals surface area contributed by atoms with Gasteiger partial charge in [0.15, 0.2) is 0 Å². The molecular weight excluding hydrogens is 384 g/mol. The molecule has 1 fully saturated rings. The molecule has 2 aromatic rings. The zero-order valence-corrected chi connectivity index (χ0v) is 17.1. The fraction of sp³-hybridized carbons (Fsp3) is 0.174. The Morgan fingerprint density at radius 3 is 2.41 bits per heavy atom. The third kappa shape index (κ3) is 5.45. The van der Waals surface area contributed by atoms with E-state index in [0.717, 1.165) is 22.2 Å². The molecule has 29 heavy (non-hydrogen) atoms. The molecule has 1 N–H and O–H groups in total. The molecule has 0 radical (unpaired) electrons. The van der Waals surface area contributed by atoms with Crippen LogP contribution in [-0.2, 0) is 9.59 Å². The number of allylic oxidation sites excluding steroid dienone is 2. The van der Waals surface area contributed by atoms with E-state index in [1.807, 2.05) is 60.7 Å². The minimum absolute atomic E-state index is 0.302. The molecule has 6 heteroatoms. The Labute approximate surface area is 174 Å². The maximum absolute atomic E-state index is 12.5. The number of carbonyl (C=O) groups is 3. The van der Waals surface area contributed by atoms with Crippen LogP contribution in [0.2, 0.25) is 0 Å². The van der Waals surface area contributed by atoms with Crippen LogP contribution in [0.15, 0.2) is 71.7 Å². The van der Waals surface area contributed by atoms with Crippen LogP contribution in [0, 0.1) is 0 Å². The van der Waals surface area contributed by atoms with Crippen LogP contribution in [0.25, 0.3) is 6.08 Å². The van der Waals surface area contributed by atoms with Crippen LogP contribution in [0.1, 0.15) is 30.9 Å². The lowest BCUT2D eigenvalue weighted by molar-refractivity contribution is -0.127. The van der Waals surface area contributed by atoms with Crippen molar-refractivity contribution in [2.24, 2.45) is 0 Å². The van der Waals surface area contributed by atoms with E-state index in [1.54, 1.807) is 12.2 Å². The third-order valence-corrected chi connectivity index (χ3v) is 5.30. The number of nitrogens with one attached hydrogen (secondary N) is 1. The van der Waals surface area contributed by atoms with Crippen LogP contribution in [0.5, 0.6) is 0 Å². The van der Waals surface area contributed by atoms with E-state index in [1.165, 1.54) is 5.56 Å². The minimum atomic E-state index is -0.456. The largest absolute Gasteiger partial charge is 0.325 e. The lowest BCUT2D eigenvalue weighted by Crippen LogP contribution is -2.36. The molecule has 1 saturated heterocycles. The first-order valence-corrected chi connectivity index (χ1v) is 10.1. The van der Waals surface area contributed by atoms with Gasteiger partial charge in [0.25, 0.3) is 11.1 Å². The fourth-order valence-corrected chi connectivity index (χ4v) is 3.55. The molecular formula is C23H22N2O3S. The van der Waals surface area contributed by atoms with Gasteiger partial charge in [-0.25, -0.2) is 0 Å². The predicted octanol–water partition coefficient (Wildman–Crippen LogP) is 5.04. The molecule has 0 saturated carbocycles. The molecule has 0 bridgehead atoms. The summed E-state index contributed by atoms with van der Waals surface area (Å²) in [5.41, 5.74) is 2.79. The summed E-state index contributed by atoms with van der Waals surface area (Å²) >= 11 is 0.838. The Kier molecular flexibility index (Phi) is 6.67. The molecule has 0 atom stereocenters. The van der Waals surface area contributed by atoms with Crippen LogP contribution in [0.4, 0.5) is 10.5 Å². The maximum atomic E-state index is 12.5. The summed E-state index contributed by atoms with van der Waals surface area (Å²) in [5.74, 6) is -0.466. The SMILES string of the molecule is CC(C)c1ccc(NC(=O)CN2C(=O)S/C(=C/C=C\c3ccccc3)C2=O)cc1. The summed E-state index contributed by atoms with van der Waals surface area (Å²) in [5, 5.41) is 2.28. The van der Waals surface area contributed by atoms with Crippen LogP contribution < -0.4 is 5.32 Å². The van der Waals surface area contributed by atoms with E-state index in [4.69, 9.17) is 0 Å². The lowest BCUT2D eigenvalue weighted by atomic mass is 10.0. The molecule has 1 aliphatic rings. The normalized spacial score (nSPS) is 15.7. The Morgan fingerprint density at radius 1 is 1.07 bits per heavy atom. The second-order valence-electron chi connectivity index (χ2n) is 6.88. The number of carbonyl (C=O) groups excluding carboxylic acids is 3. The standard InChI is InChI=1S/C23H22N2O3S/c1-16(2)18-11-13-19(14-12-18)24-21(26)15-25-22(27)20(29-23(25)28)10-6-9-17-7-4-3-5-8-17/h3-14,16H,15H2,1-2H3,(H,24,26)/b9-6-,20-10+. The van der Waals surface area contributed by atoms with Gasteiger partial charge in [0, 0.05) is 5.69 Å². The molecule has 3 amide bonds. The van der Waals surface area contributed by atoms with Crippen LogP contribution >= 0.6 is 11.8 Å². The van der Waals surface area contributed by atoms with Crippen LogP contribution in [0.3, 0.4) is 0 Å². The number of rotatable bonds is 6. The summed E-state index contributed by atoms with van der Waals surface area (Å²) in [6, 6.07) is 17.2. The van der Waals surface area contributed by atoms with E-state index in [-0.39, 0.29) is 6.54 Å². The Hall–Kier alpha value is -3.12. The highest BCUT2D eigenvalue weighted by molar-refractivity contribution is 8.18. The van der Waals surface area contributed by atoms with Gasteiger partial charge in [0.2, 0.25) is 5.91 Å². The van der Waals surface area contributed by atoms with Crippen molar-refractivity contribution >= 4 is 40.6 Å². The van der Waals surface area contributed by atoms with Crippen molar-refractivity contribution in [2.45, 2.75) is 19.8 Å². The van der Waals surface area contributed by atoms with Crippen molar-refractivity contribution in [3.63, 3.8) is 0 Å². The lowest BCUT2D eigenvalue weighted by Gasteiger charge is -2.13. The predicted molar refractivity (Wildman–Crippen MR) is 117 cm³/mol. The molecule has 0 spiro atoms. The number of thioether (sulfide) groups is 1. The van der Waals surface area contributed by atoms with Crippen molar-refractivity contribution < 1.29 is 14.4 Å². The molecule has 3 rings (SSSR count). The molecule has 0 unspecified atom stereocenters. The smallest absolute Gasteiger partial charge is 0.294 e. The van der Waals surface area contributed by atoms with Crippen molar-refractivity contribution in [1.29, 1.82) is 0 Å². The maximum Gasteiger partial charge on any atom is 0.294 e. The first-order chi connectivity index (χ1) is 13.9. The average molecular weight is 407 g/mol. The number of imide groups is 1.